The molecule has 5 rings (SSSR count). The summed E-state index contributed by atoms with van der Waals surface area (Å²) in [5.74, 6) is 1.51. The van der Waals surface area contributed by atoms with Gasteiger partial charge < -0.3 is 16.0 Å². The average molecular weight is 459 g/mol. The number of thiophene rings is 1. The molecular formula is C19H22N8O2S2. The van der Waals surface area contributed by atoms with Crippen molar-refractivity contribution in [3.63, 3.8) is 0 Å². The van der Waals surface area contributed by atoms with Gasteiger partial charge in [-0.25, -0.2) is 13.4 Å². The Morgan fingerprint density at radius 3 is 2.74 bits per heavy atom. The van der Waals surface area contributed by atoms with E-state index in [0.717, 1.165) is 40.5 Å². The van der Waals surface area contributed by atoms with Gasteiger partial charge in [0.2, 0.25) is 0 Å². The second-order valence-corrected chi connectivity index (χ2v) is 9.86. The second-order valence-electron chi connectivity index (χ2n) is 7.55. The summed E-state index contributed by atoms with van der Waals surface area (Å²) in [6.07, 6.45) is 6.50. The van der Waals surface area contributed by atoms with Gasteiger partial charge in [0.05, 0.1) is 17.4 Å². The summed E-state index contributed by atoms with van der Waals surface area (Å²) < 4.78 is 26.8. The van der Waals surface area contributed by atoms with E-state index in [1.54, 1.807) is 28.5 Å². The molecule has 5 heterocycles. The zero-order valence-electron chi connectivity index (χ0n) is 17.0. The van der Waals surface area contributed by atoms with Crippen LogP contribution in [0, 0.1) is 6.92 Å². The molecule has 3 N–H and O–H groups in total. The van der Waals surface area contributed by atoms with E-state index in [-0.39, 0.29) is 6.04 Å². The van der Waals surface area contributed by atoms with Crippen molar-refractivity contribution in [1.82, 2.24) is 24.4 Å². The first-order valence-electron chi connectivity index (χ1n) is 9.81. The fraction of sp³-hybridized carbons (Fsp3) is 0.316. The molecule has 10 nitrogen and oxygen atoms in total. The van der Waals surface area contributed by atoms with Crippen molar-refractivity contribution in [2.24, 2.45) is 12.8 Å². The predicted octanol–water partition coefficient (Wildman–Crippen LogP) is 1.75. The third-order valence-corrected chi connectivity index (χ3v) is 7.85. The molecule has 1 saturated heterocycles. The molecule has 1 atom stereocenters. The Morgan fingerprint density at radius 2 is 2.13 bits per heavy atom. The minimum absolute atomic E-state index is 0.257. The molecule has 31 heavy (non-hydrogen) atoms. The van der Waals surface area contributed by atoms with Crippen LogP contribution < -0.4 is 16.0 Å². The highest BCUT2D eigenvalue weighted by Crippen LogP contribution is 2.34. The Bertz CT molecular complexity index is 1340. The van der Waals surface area contributed by atoms with Gasteiger partial charge in [0.1, 0.15) is 15.8 Å². The van der Waals surface area contributed by atoms with Crippen molar-refractivity contribution in [3.8, 4) is 11.1 Å². The van der Waals surface area contributed by atoms with E-state index in [4.69, 9.17) is 10.7 Å². The zero-order chi connectivity index (χ0) is 21.7. The molecule has 1 aliphatic rings. The van der Waals surface area contributed by atoms with Crippen LogP contribution in [0.2, 0.25) is 0 Å². The highest BCUT2D eigenvalue weighted by molar-refractivity contribution is 7.75. The molecule has 0 radical (unpaired) electrons. The van der Waals surface area contributed by atoms with Gasteiger partial charge in [-0.1, -0.05) is 0 Å². The summed E-state index contributed by atoms with van der Waals surface area (Å²) in [4.78, 5) is 7.08. The van der Waals surface area contributed by atoms with Crippen LogP contribution in [0.25, 0.3) is 16.8 Å². The molecule has 1 fully saturated rings. The largest absolute Gasteiger partial charge is 0.352 e. The number of hydrogen-bond acceptors (Lipinski definition) is 9. The first-order valence-corrected chi connectivity index (χ1v) is 11.8. The fourth-order valence-corrected chi connectivity index (χ4v) is 5.54. The minimum Gasteiger partial charge on any atom is -0.352 e. The smallest absolute Gasteiger partial charge is 0.178 e. The van der Waals surface area contributed by atoms with Gasteiger partial charge in [0.25, 0.3) is 0 Å². The van der Waals surface area contributed by atoms with Crippen molar-refractivity contribution in [2.75, 3.05) is 23.3 Å². The van der Waals surface area contributed by atoms with Gasteiger partial charge in [-0.05, 0) is 25.0 Å². The van der Waals surface area contributed by atoms with Crippen LogP contribution >= 0.6 is 11.3 Å². The van der Waals surface area contributed by atoms with Crippen molar-refractivity contribution in [3.05, 3.63) is 36.3 Å². The Balaban J connectivity index is 1.64. The van der Waals surface area contributed by atoms with Crippen LogP contribution in [-0.4, -0.2) is 51.9 Å². The van der Waals surface area contributed by atoms with Gasteiger partial charge in [-0.15, -0.1) is 11.3 Å². The Labute approximate surface area is 184 Å². The summed E-state index contributed by atoms with van der Waals surface area (Å²) >= 11 is 1.20. The van der Waals surface area contributed by atoms with E-state index in [1.807, 2.05) is 25.4 Å². The number of hydrogen-bond donors (Lipinski definition) is 3. The Morgan fingerprint density at radius 1 is 1.29 bits per heavy atom. The van der Waals surface area contributed by atoms with Crippen LogP contribution in [-0.2, 0) is 17.8 Å². The average Bonchev–Trinajstić information content (AvgIpc) is 3.39. The summed E-state index contributed by atoms with van der Waals surface area (Å²) in [5.41, 5.74) is 9.12. The summed E-state index contributed by atoms with van der Waals surface area (Å²) in [5, 5.41) is 12.9. The number of nitrogens with zero attached hydrogens (tertiary/aromatic N) is 6. The molecule has 162 valence electrons. The van der Waals surface area contributed by atoms with Crippen LogP contribution in [0.3, 0.4) is 0 Å². The van der Waals surface area contributed by atoms with Crippen molar-refractivity contribution in [1.29, 1.82) is 0 Å². The number of nitrogens with one attached hydrogen (secondary N) is 1. The van der Waals surface area contributed by atoms with Crippen LogP contribution in [0.4, 0.5) is 16.6 Å². The maximum absolute atomic E-state index is 11.5. The lowest BCUT2D eigenvalue weighted by Crippen LogP contribution is -2.52. The van der Waals surface area contributed by atoms with Gasteiger partial charge in [0.15, 0.2) is 16.4 Å². The maximum atomic E-state index is 11.5. The number of aryl methyl sites for hydroxylation is 2. The molecule has 0 aromatic carbocycles. The summed E-state index contributed by atoms with van der Waals surface area (Å²) in [6.45, 7) is 3.24. The SMILES string of the molecule is Cc1cc(Nc2cc(N3CCC3CN)nc3c(-c4cnn(C)c4)cnn23)sc1[SH](=O)=O. The van der Waals surface area contributed by atoms with Gasteiger partial charge in [-0.2, -0.15) is 14.7 Å². The molecule has 0 saturated carbocycles. The lowest BCUT2D eigenvalue weighted by molar-refractivity contribution is 0.452. The monoisotopic (exact) mass is 458 g/mol. The van der Waals surface area contributed by atoms with Crippen molar-refractivity contribution < 1.29 is 8.42 Å². The van der Waals surface area contributed by atoms with Gasteiger partial charge in [0, 0.05) is 49.6 Å². The third kappa shape index (κ3) is 3.46. The molecular weight excluding hydrogens is 436 g/mol. The fourth-order valence-electron chi connectivity index (χ4n) is 3.78. The molecule has 1 unspecified atom stereocenters. The van der Waals surface area contributed by atoms with E-state index >= 15 is 0 Å². The molecule has 0 bridgehead atoms. The maximum Gasteiger partial charge on any atom is 0.178 e. The number of rotatable bonds is 6. The molecule has 0 spiro atoms. The van der Waals surface area contributed by atoms with E-state index < -0.39 is 10.7 Å². The molecule has 0 aliphatic carbocycles. The standard InChI is InChI=1S/C19H22N8O2S2/c1-11-5-17(30-19(11)31(28)29)23-16-6-15(26-4-3-13(26)7-20)24-18-14(9-22-27(16)18)12-8-21-25(2)10-12/h5-6,8-10,13,23,31H,3-4,7,20H2,1-2H3. The third-order valence-electron chi connectivity index (χ3n) is 5.49. The van der Waals surface area contributed by atoms with Crippen LogP contribution in [0.1, 0.15) is 12.0 Å². The number of thiol groups is 1. The highest BCUT2D eigenvalue weighted by atomic mass is 32.2. The number of aromatic nitrogens is 5. The summed E-state index contributed by atoms with van der Waals surface area (Å²) in [6, 6.07) is 4.02. The van der Waals surface area contributed by atoms with Crippen LogP contribution in [0.15, 0.2) is 34.9 Å². The number of fused-ring (bicyclic) bond motifs is 1. The number of nitrogens with two attached hydrogens (primary N) is 1. The molecule has 12 heteroatoms. The van der Waals surface area contributed by atoms with Crippen molar-refractivity contribution >= 4 is 44.3 Å². The Kier molecular flexibility index (Phi) is 4.91. The van der Waals surface area contributed by atoms with E-state index in [1.165, 1.54) is 11.3 Å². The first-order chi connectivity index (χ1) is 14.9. The van der Waals surface area contributed by atoms with Crippen molar-refractivity contribution in [2.45, 2.75) is 23.6 Å². The summed E-state index contributed by atoms with van der Waals surface area (Å²) in [7, 11) is -0.769. The quantitative estimate of drug-likeness (QED) is 0.374. The predicted molar refractivity (Wildman–Crippen MR) is 121 cm³/mol. The first kappa shape index (κ1) is 20.0. The second kappa shape index (κ2) is 7.62. The lowest BCUT2D eigenvalue weighted by atomic mass is 10.0. The van der Waals surface area contributed by atoms with Crippen LogP contribution in [0.5, 0.6) is 0 Å². The van der Waals surface area contributed by atoms with E-state index in [2.05, 4.69) is 20.4 Å². The number of anilines is 3. The highest BCUT2D eigenvalue weighted by Gasteiger charge is 2.29. The van der Waals surface area contributed by atoms with E-state index in [9.17, 15) is 8.42 Å². The zero-order valence-corrected chi connectivity index (χ0v) is 18.7. The van der Waals surface area contributed by atoms with Gasteiger partial charge in [-0.3, -0.25) is 4.68 Å². The lowest BCUT2D eigenvalue weighted by Gasteiger charge is -2.41. The topological polar surface area (TPSA) is 123 Å². The molecule has 0 amide bonds. The molecule has 1 aliphatic heterocycles. The molecule has 4 aromatic rings. The Hall–Kier alpha value is -2.96. The minimum atomic E-state index is -2.63. The van der Waals surface area contributed by atoms with Gasteiger partial charge >= 0.3 is 0 Å². The normalized spacial score (nSPS) is 16.3. The van der Waals surface area contributed by atoms with E-state index in [0.29, 0.717) is 22.2 Å². The molecule has 4 aromatic heterocycles.